The number of carbonyl (C=O) groups is 3. The lowest BCUT2D eigenvalue weighted by molar-refractivity contribution is -0.170. The van der Waals surface area contributed by atoms with Crippen LogP contribution >= 0.6 is 0 Å². The molecule has 31 heavy (non-hydrogen) atoms. The van der Waals surface area contributed by atoms with E-state index < -0.39 is 24.4 Å². The van der Waals surface area contributed by atoms with Crippen molar-refractivity contribution in [2.24, 2.45) is 0 Å². The first-order valence-electron chi connectivity index (χ1n) is 9.30. The van der Waals surface area contributed by atoms with Gasteiger partial charge < -0.3 is 14.3 Å². The molecule has 0 aliphatic carbocycles. The lowest BCUT2D eigenvalue weighted by Gasteiger charge is -2.15. The summed E-state index contributed by atoms with van der Waals surface area (Å²) in [4.78, 5) is 41.6. The van der Waals surface area contributed by atoms with Gasteiger partial charge in [0.25, 0.3) is 11.8 Å². The van der Waals surface area contributed by atoms with Gasteiger partial charge in [-0.1, -0.05) is 41.5 Å². The van der Waals surface area contributed by atoms with Gasteiger partial charge in [-0.3, -0.25) is 9.59 Å². The highest BCUT2D eigenvalue weighted by atomic mass is 19.1. The molecule has 8 heteroatoms. The molecule has 0 saturated heterocycles. The summed E-state index contributed by atoms with van der Waals surface area (Å²) in [5, 5.41) is 0.424. The molecule has 1 aliphatic heterocycles. The Hall–Kier alpha value is -4.20. The average Bonchev–Trinajstić information content (AvgIpc) is 3.03. The van der Waals surface area contributed by atoms with E-state index in [4.69, 9.17) is 14.3 Å². The minimum Gasteiger partial charge on any atom is -0.485 e. The van der Waals surface area contributed by atoms with Crippen molar-refractivity contribution in [3.8, 4) is 11.5 Å². The van der Waals surface area contributed by atoms with Crippen molar-refractivity contribution in [2.75, 3.05) is 6.61 Å². The minimum absolute atomic E-state index is 0.167. The number of benzene rings is 3. The average molecular weight is 421 g/mol. The molecule has 0 saturated carbocycles. The smallest absolute Gasteiger partial charge is 0.370 e. The second-order valence-electron chi connectivity index (χ2n) is 6.56. The minimum atomic E-state index is -0.928. The van der Waals surface area contributed by atoms with E-state index in [0.29, 0.717) is 10.8 Å². The Morgan fingerprint density at radius 2 is 1.32 bits per heavy atom. The van der Waals surface area contributed by atoms with Crippen LogP contribution in [0.15, 0.2) is 72.8 Å². The second kappa shape index (κ2) is 8.66. The first kappa shape index (κ1) is 20.1. The number of imide groups is 1. The molecule has 0 N–H and O–H groups in total. The summed E-state index contributed by atoms with van der Waals surface area (Å²) in [7, 11) is 0. The van der Waals surface area contributed by atoms with Gasteiger partial charge in [0.2, 0.25) is 0 Å². The molecule has 0 atom stereocenters. The van der Waals surface area contributed by atoms with E-state index in [0.717, 1.165) is 5.56 Å². The normalized spacial score (nSPS) is 12.5. The van der Waals surface area contributed by atoms with Crippen LogP contribution in [-0.2, 0) is 16.2 Å². The van der Waals surface area contributed by atoms with Gasteiger partial charge >= 0.3 is 5.97 Å². The van der Waals surface area contributed by atoms with Gasteiger partial charge in [-0.05, 0) is 42.0 Å². The molecular weight excluding hydrogens is 405 g/mol. The van der Waals surface area contributed by atoms with Crippen molar-refractivity contribution in [3.05, 3.63) is 95.3 Å². The van der Waals surface area contributed by atoms with Crippen LogP contribution in [0.1, 0.15) is 26.3 Å². The van der Waals surface area contributed by atoms with Crippen molar-refractivity contribution in [3.63, 3.8) is 0 Å². The zero-order chi connectivity index (χ0) is 21.8. The SMILES string of the molecule is O=C(COc1ccccc1OCc1ccc(F)cc1)ON1C(=O)c2ccccc2C1=O. The molecule has 0 unspecified atom stereocenters. The highest BCUT2D eigenvalue weighted by Crippen LogP contribution is 2.28. The van der Waals surface area contributed by atoms with Crippen LogP contribution in [0.25, 0.3) is 0 Å². The van der Waals surface area contributed by atoms with Crippen LogP contribution in [0.5, 0.6) is 11.5 Å². The van der Waals surface area contributed by atoms with Crippen molar-refractivity contribution < 1.29 is 33.1 Å². The molecule has 3 aromatic carbocycles. The number of para-hydroxylation sites is 2. The number of carbonyl (C=O) groups excluding carboxylic acids is 3. The largest absolute Gasteiger partial charge is 0.485 e. The third kappa shape index (κ3) is 4.37. The zero-order valence-corrected chi connectivity index (χ0v) is 16.1. The van der Waals surface area contributed by atoms with E-state index in [9.17, 15) is 18.8 Å². The maximum Gasteiger partial charge on any atom is 0.370 e. The van der Waals surface area contributed by atoms with Crippen molar-refractivity contribution in [1.29, 1.82) is 0 Å². The van der Waals surface area contributed by atoms with Crippen LogP contribution in [0.2, 0.25) is 0 Å². The monoisotopic (exact) mass is 421 g/mol. The highest BCUT2D eigenvalue weighted by Gasteiger charge is 2.38. The summed E-state index contributed by atoms with van der Waals surface area (Å²) in [5.41, 5.74) is 1.09. The van der Waals surface area contributed by atoms with Gasteiger partial charge in [-0.25, -0.2) is 9.18 Å². The highest BCUT2D eigenvalue weighted by molar-refractivity contribution is 6.20. The number of hydrogen-bond donors (Lipinski definition) is 0. The molecule has 7 nitrogen and oxygen atoms in total. The number of rotatable bonds is 7. The molecule has 4 rings (SSSR count). The Kier molecular flexibility index (Phi) is 5.61. The van der Waals surface area contributed by atoms with Crippen LogP contribution in [-0.4, -0.2) is 29.5 Å². The molecule has 1 aliphatic rings. The Bertz CT molecular complexity index is 1110. The van der Waals surface area contributed by atoms with Gasteiger partial charge in [0.15, 0.2) is 18.1 Å². The van der Waals surface area contributed by atoms with Crippen molar-refractivity contribution >= 4 is 17.8 Å². The molecule has 2 amide bonds. The Morgan fingerprint density at radius 1 is 0.774 bits per heavy atom. The quantitative estimate of drug-likeness (QED) is 0.543. The second-order valence-corrected chi connectivity index (χ2v) is 6.56. The molecule has 0 bridgehead atoms. The molecule has 0 fully saturated rings. The summed E-state index contributed by atoms with van der Waals surface area (Å²) in [6, 6.07) is 18.7. The number of amides is 2. The maximum atomic E-state index is 13.0. The van der Waals surface area contributed by atoms with Gasteiger partial charge in [-0.15, -0.1) is 0 Å². The van der Waals surface area contributed by atoms with Gasteiger partial charge in [0.1, 0.15) is 12.4 Å². The lowest BCUT2D eigenvalue weighted by Crippen LogP contribution is -2.34. The molecule has 0 spiro atoms. The third-order valence-electron chi connectivity index (χ3n) is 4.45. The van der Waals surface area contributed by atoms with E-state index in [1.807, 2.05) is 0 Å². The standard InChI is InChI=1S/C23H16FNO6/c24-16-11-9-15(10-12-16)13-29-19-7-3-4-8-20(19)30-14-21(26)31-25-22(27)17-5-1-2-6-18(17)23(25)28/h1-12H,13-14H2. The topological polar surface area (TPSA) is 82.1 Å². The number of halogens is 1. The fourth-order valence-electron chi connectivity index (χ4n) is 2.95. The Morgan fingerprint density at radius 3 is 1.94 bits per heavy atom. The van der Waals surface area contributed by atoms with E-state index in [1.54, 1.807) is 48.5 Å². The van der Waals surface area contributed by atoms with E-state index in [-0.39, 0.29) is 29.3 Å². The van der Waals surface area contributed by atoms with Crippen LogP contribution in [0, 0.1) is 5.82 Å². The summed E-state index contributed by atoms with van der Waals surface area (Å²) in [6.45, 7) is -0.384. The molecule has 0 radical (unpaired) electrons. The predicted molar refractivity (Wildman–Crippen MR) is 106 cm³/mol. The van der Waals surface area contributed by atoms with Gasteiger partial charge in [0.05, 0.1) is 11.1 Å². The van der Waals surface area contributed by atoms with Crippen LogP contribution < -0.4 is 9.47 Å². The molecule has 3 aromatic rings. The lowest BCUT2D eigenvalue weighted by atomic mass is 10.1. The van der Waals surface area contributed by atoms with E-state index in [2.05, 4.69) is 0 Å². The summed E-state index contributed by atoms with van der Waals surface area (Å²) in [6.07, 6.45) is 0. The number of hydrogen-bond acceptors (Lipinski definition) is 6. The molecular formula is C23H16FNO6. The fraction of sp³-hybridized carbons (Fsp3) is 0.0870. The van der Waals surface area contributed by atoms with Crippen LogP contribution in [0.4, 0.5) is 4.39 Å². The Balaban J connectivity index is 1.35. The summed E-state index contributed by atoms with van der Waals surface area (Å²) < 4.78 is 24.2. The van der Waals surface area contributed by atoms with Crippen molar-refractivity contribution in [2.45, 2.75) is 6.61 Å². The number of hydroxylamine groups is 2. The first-order valence-corrected chi connectivity index (χ1v) is 9.30. The third-order valence-corrected chi connectivity index (χ3v) is 4.45. The van der Waals surface area contributed by atoms with Crippen LogP contribution in [0.3, 0.4) is 0 Å². The van der Waals surface area contributed by atoms with Gasteiger partial charge in [-0.2, -0.15) is 0 Å². The van der Waals surface area contributed by atoms with E-state index >= 15 is 0 Å². The number of fused-ring (bicyclic) bond motifs is 1. The predicted octanol–water partition coefficient (Wildman–Crippen LogP) is 3.54. The summed E-state index contributed by atoms with van der Waals surface area (Å²) >= 11 is 0. The number of nitrogens with zero attached hydrogens (tertiary/aromatic N) is 1. The molecule has 0 aromatic heterocycles. The van der Waals surface area contributed by atoms with Crippen molar-refractivity contribution in [1.82, 2.24) is 5.06 Å². The van der Waals surface area contributed by atoms with E-state index in [1.165, 1.54) is 24.3 Å². The zero-order valence-electron chi connectivity index (χ0n) is 16.1. The fourth-order valence-corrected chi connectivity index (χ4v) is 2.95. The maximum absolute atomic E-state index is 13.0. The summed E-state index contributed by atoms with van der Waals surface area (Å²) in [5.74, 6) is -2.06. The van der Waals surface area contributed by atoms with Gasteiger partial charge in [0, 0.05) is 0 Å². The molecule has 156 valence electrons. The Labute approximate surface area is 176 Å². The molecule has 1 heterocycles. The number of ether oxygens (including phenoxy) is 2. The first-order chi connectivity index (χ1) is 15.0.